The first-order valence-electron chi connectivity index (χ1n) is 6.03. The second-order valence-corrected chi connectivity index (χ2v) is 5.74. The van der Waals surface area contributed by atoms with Crippen LogP contribution in [0.15, 0.2) is 18.2 Å². The highest BCUT2D eigenvalue weighted by atomic mass is 32.2. The van der Waals surface area contributed by atoms with Gasteiger partial charge in [-0.2, -0.15) is 11.8 Å². The van der Waals surface area contributed by atoms with E-state index in [1.54, 1.807) is 6.07 Å². The number of halogens is 1. The first-order valence-corrected chi connectivity index (χ1v) is 7.32. The Labute approximate surface area is 106 Å². The van der Waals surface area contributed by atoms with Crippen LogP contribution in [0.5, 0.6) is 0 Å². The molecule has 1 aromatic carbocycles. The third kappa shape index (κ3) is 3.28. The van der Waals surface area contributed by atoms with Crippen LogP contribution < -0.4 is 11.1 Å². The van der Waals surface area contributed by atoms with Crippen molar-refractivity contribution in [2.45, 2.75) is 37.0 Å². The summed E-state index contributed by atoms with van der Waals surface area (Å²) in [5.41, 5.74) is 7.15. The van der Waals surface area contributed by atoms with Gasteiger partial charge in [-0.05, 0) is 43.7 Å². The summed E-state index contributed by atoms with van der Waals surface area (Å²) in [5.74, 6) is -0.279. The molecule has 0 amide bonds. The van der Waals surface area contributed by atoms with Crippen LogP contribution in [-0.2, 0) is 0 Å². The van der Waals surface area contributed by atoms with Gasteiger partial charge in [0.15, 0.2) is 0 Å². The number of hydrogen-bond donors (Lipinski definition) is 2. The van der Waals surface area contributed by atoms with E-state index in [2.05, 4.69) is 11.6 Å². The lowest BCUT2D eigenvalue weighted by Gasteiger charge is -2.29. The molecule has 94 valence electrons. The Morgan fingerprint density at radius 3 is 2.94 bits per heavy atom. The fourth-order valence-electron chi connectivity index (χ4n) is 2.38. The van der Waals surface area contributed by atoms with Gasteiger partial charge < -0.3 is 11.1 Å². The zero-order chi connectivity index (χ0) is 12.3. The zero-order valence-electron chi connectivity index (χ0n) is 10.1. The maximum atomic E-state index is 12.9. The SMILES string of the molecule is CSC1CCCC(Nc2ccc(F)cc2N)C1. The van der Waals surface area contributed by atoms with Gasteiger partial charge in [0.25, 0.3) is 0 Å². The largest absolute Gasteiger partial charge is 0.397 e. The molecule has 0 spiro atoms. The van der Waals surface area contributed by atoms with E-state index in [0.717, 1.165) is 17.4 Å². The highest BCUT2D eigenvalue weighted by molar-refractivity contribution is 7.99. The third-order valence-electron chi connectivity index (χ3n) is 3.33. The average molecular weight is 254 g/mol. The van der Waals surface area contributed by atoms with Crippen molar-refractivity contribution in [3.05, 3.63) is 24.0 Å². The lowest BCUT2D eigenvalue weighted by atomic mass is 9.94. The molecule has 4 heteroatoms. The van der Waals surface area contributed by atoms with Crippen LogP contribution >= 0.6 is 11.8 Å². The number of nitrogens with two attached hydrogens (primary N) is 1. The summed E-state index contributed by atoms with van der Waals surface area (Å²) in [4.78, 5) is 0. The van der Waals surface area contributed by atoms with Gasteiger partial charge in [-0.25, -0.2) is 4.39 Å². The van der Waals surface area contributed by atoms with Gasteiger partial charge >= 0.3 is 0 Å². The molecule has 17 heavy (non-hydrogen) atoms. The molecule has 0 aliphatic heterocycles. The predicted molar refractivity (Wildman–Crippen MR) is 74.0 cm³/mol. The summed E-state index contributed by atoms with van der Waals surface area (Å²) in [6.45, 7) is 0. The van der Waals surface area contributed by atoms with Gasteiger partial charge in [-0.15, -0.1) is 0 Å². The Kier molecular flexibility index (Phi) is 4.15. The summed E-state index contributed by atoms with van der Waals surface area (Å²) in [6, 6.07) is 5.02. The van der Waals surface area contributed by atoms with Crippen molar-refractivity contribution in [3.63, 3.8) is 0 Å². The Bertz CT molecular complexity index is 384. The number of benzene rings is 1. The highest BCUT2D eigenvalue weighted by Crippen LogP contribution is 2.30. The molecular formula is C13H19FN2S. The van der Waals surface area contributed by atoms with Gasteiger partial charge in [0.2, 0.25) is 0 Å². The first kappa shape index (κ1) is 12.6. The van der Waals surface area contributed by atoms with Crippen molar-refractivity contribution < 1.29 is 4.39 Å². The fraction of sp³-hybridized carbons (Fsp3) is 0.538. The lowest BCUT2D eigenvalue weighted by molar-refractivity contribution is 0.474. The van der Waals surface area contributed by atoms with Crippen molar-refractivity contribution >= 4 is 23.1 Å². The molecule has 1 aliphatic rings. The Balaban J connectivity index is 2.00. The highest BCUT2D eigenvalue weighted by Gasteiger charge is 2.21. The van der Waals surface area contributed by atoms with Crippen LogP contribution in [0.4, 0.5) is 15.8 Å². The van der Waals surface area contributed by atoms with E-state index in [1.807, 2.05) is 11.8 Å². The molecule has 2 nitrogen and oxygen atoms in total. The van der Waals surface area contributed by atoms with Crippen LogP contribution in [0.1, 0.15) is 25.7 Å². The van der Waals surface area contributed by atoms with Crippen molar-refractivity contribution in [1.29, 1.82) is 0 Å². The molecule has 3 N–H and O–H groups in total. The maximum absolute atomic E-state index is 12.9. The molecule has 2 atom stereocenters. The molecule has 1 saturated carbocycles. The third-order valence-corrected chi connectivity index (χ3v) is 4.43. The van der Waals surface area contributed by atoms with E-state index in [0.29, 0.717) is 11.7 Å². The van der Waals surface area contributed by atoms with Gasteiger partial charge in [-0.1, -0.05) is 6.42 Å². The summed E-state index contributed by atoms with van der Waals surface area (Å²) >= 11 is 1.94. The van der Waals surface area contributed by atoms with Crippen LogP contribution in [0, 0.1) is 5.82 Å². The fourth-order valence-corrected chi connectivity index (χ4v) is 3.20. The molecule has 1 fully saturated rings. The quantitative estimate of drug-likeness (QED) is 0.811. The van der Waals surface area contributed by atoms with Crippen LogP contribution in [-0.4, -0.2) is 17.5 Å². The Morgan fingerprint density at radius 2 is 2.24 bits per heavy atom. The van der Waals surface area contributed by atoms with Crippen molar-refractivity contribution in [2.24, 2.45) is 0 Å². The second-order valence-electron chi connectivity index (χ2n) is 4.60. The standard InChI is InChI=1S/C13H19FN2S/c1-17-11-4-2-3-10(8-11)16-13-6-5-9(14)7-12(13)15/h5-7,10-11,16H,2-4,8,15H2,1H3. The smallest absolute Gasteiger partial charge is 0.125 e. The molecular weight excluding hydrogens is 235 g/mol. The van der Waals surface area contributed by atoms with E-state index >= 15 is 0 Å². The number of rotatable bonds is 3. The van der Waals surface area contributed by atoms with Crippen LogP contribution in [0.2, 0.25) is 0 Å². The van der Waals surface area contributed by atoms with E-state index in [-0.39, 0.29) is 5.82 Å². The number of thioether (sulfide) groups is 1. The van der Waals surface area contributed by atoms with E-state index < -0.39 is 0 Å². The molecule has 2 unspecified atom stereocenters. The molecule has 0 radical (unpaired) electrons. The summed E-state index contributed by atoms with van der Waals surface area (Å²) < 4.78 is 12.9. The van der Waals surface area contributed by atoms with Gasteiger partial charge in [0.05, 0.1) is 11.4 Å². The number of nitrogen functional groups attached to an aromatic ring is 1. The predicted octanol–water partition coefficient (Wildman–Crippen LogP) is 3.49. The van der Waals surface area contributed by atoms with E-state index in [9.17, 15) is 4.39 Å². The summed E-state index contributed by atoms with van der Waals surface area (Å²) in [5, 5.41) is 4.17. The van der Waals surface area contributed by atoms with Gasteiger partial charge in [-0.3, -0.25) is 0 Å². The second kappa shape index (κ2) is 5.63. The lowest BCUT2D eigenvalue weighted by Crippen LogP contribution is -2.28. The molecule has 2 rings (SSSR count). The molecule has 0 bridgehead atoms. The van der Waals surface area contributed by atoms with Gasteiger partial charge in [0, 0.05) is 11.3 Å². The summed E-state index contributed by atoms with van der Waals surface area (Å²) in [6.07, 6.45) is 7.06. The molecule has 1 aliphatic carbocycles. The minimum atomic E-state index is -0.279. The molecule has 0 saturated heterocycles. The maximum Gasteiger partial charge on any atom is 0.125 e. The van der Waals surface area contributed by atoms with Crippen molar-refractivity contribution in [1.82, 2.24) is 0 Å². The first-order chi connectivity index (χ1) is 8.19. The van der Waals surface area contributed by atoms with Crippen molar-refractivity contribution in [2.75, 3.05) is 17.3 Å². The topological polar surface area (TPSA) is 38.0 Å². The normalized spacial score (nSPS) is 24.6. The van der Waals surface area contributed by atoms with Crippen molar-refractivity contribution in [3.8, 4) is 0 Å². The number of anilines is 2. The summed E-state index contributed by atoms with van der Waals surface area (Å²) in [7, 11) is 0. The number of hydrogen-bond acceptors (Lipinski definition) is 3. The van der Waals surface area contributed by atoms with E-state index in [1.165, 1.54) is 31.4 Å². The van der Waals surface area contributed by atoms with Crippen LogP contribution in [0.3, 0.4) is 0 Å². The zero-order valence-corrected chi connectivity index (χ0v) is 10.9. The molecule has 0 heterocycles. The van der Waals surface area contributed by atoms with Gasteiger partial charge in [0.1, 0.15) is 5.82 Å². The minimum absolute atomic E-state index is 0.279. The Morgan fingerprint density at radius 1 is 1.41 bits per heavy atom. The minimum Gasteiger partial charge on any atom is -0.397 e. The molecule has 0 aromatic heterocycles. The Hall–Kier alpha value is -0.900. The molecule has 1 aromatic rings. The number of nitrogens with one attached hydrogen (secondary N) is 1. The monoisotopic (exact) mass is 254 g/mol. The van der Waals surface area contributed by atoms with E-state index in [4.69, 9.17) is 5.73 Å². The average Bonchev–Trinajstić information content (AvgIpc) is 2.33. The van der Waals surface area contributed by atoms with Crippen LogP contribution in [0.25, 0.3) is 0 Å².